The molecular weight excluding hydrogens is 304 g/mol. The molecule has 0 saturated carbocycles. The molecule has 4 heteroatoms. The summed E-state index contributed by atoms with van der Waals surface area (Å²) in [4.78, 5) is 19.8. The standard InChI is InChI=1S/C9H16O2.C8H8.C3H4O2/c1-3-5-6-7-8-11-9(10)4-2;1-2-8-6-4-3-5-7-8;1-2-3(4)5/h4H,2-3,5-8H2,1H3;2-7H,1H2;2H,1H2,(H,4,5). The largest absolute Gasteiger partial charge is 0.478 e. The molecule has 0 spiro atoms. The van der Waals surface area contributed by atoms with E-state index in [0.29, 0.717) is 6.61 Å². The Morgan fingerprint density at radius 2 is 1.62 bits per heavy atom. The Balaban J connectivity index is 0. The molecule has 4 nitrogen and oxygen atoms in total. The molecule has 24 heavy (non-hydrogen) atoms. The number of esters is 1. The van der Waals surface area contributed by atoms with E-state index >= 15 is 0 Å². The van der Waals surface area contributed by atoms with Crippen LogP contribution >= 0.6 is 0 Å². The Morgan fingerprint density at radius 3 is 2.00 bits per heavy atom. The molecule has 0 aliphatic rings. The highest BCUT2D eigenvalue weighted by atomic mass is 16.5. The summed E-state index contributed by atoms with van der Waals surface area (Å²) >= 11 is 0. The summed E-state index contributed by atoms with van der Waals surface area (Å²) in [6, 6.07) is 10.0. The van der Waals surface area contributed by atoms with Crippen molar-refractivity contribution in [2.24, 2.45) is 0 Å². The van der Waals surface area contributed by atoms with Gasteiger partial charge in [0.05, 0.1) is 6.61 Å². The lowest BCUT2D eigenvalue weighted by atomic mass is 10.2. The predicted octanol–water partition coefficient (Wildman–Crippen LogP) is 4.88. The van der Waals surface area contributed by atoms with Crippen molar-refractivity contribution in [2.75, 3.05) is 6.61 Å². The smallest absolute Gasteiger partial charge is 0.330 e. The maximum atomic E-state index is 10.5. The fourth-order valence-corrected chi connectivity index (χ4v) is 1.35. The molecule has 0 unspecified atom stereocenters. The van der Waals surface area contributed by atoms with Gasteiger partial charge in [-0.3, -0.25) is 0 Å². The van der Waals surface area contributed by atoms with Crippen LogP contribution in [-0.4, -0.2) is 23.7 Å². The van der Waals surface area contributed by atoms with Gasteiger partial charge in [0.15, 0.2) is 0 Å². The van der Waals surface area contributed by atoms with Crippen LogP contribution in [0.1, 0.15) is 38.2 Å². The van der Waals surface area contributed by atoms with Crippen LogP contribution in [0.3, 0.4) is 0 Å². The van der Waals surface area contributed by atoms with E-state index in [4.69, 9.17) is 9.84 Å². The number of carboxylic acid groups (broad SMARTS) is 1. The van der Waals surface area contributed by atoms with Gasteiger partial charge >= 0.3 is 11.9 Å². The van der Waals surface area contributed by atoms with Crippen LogP contribution in [0, 0.1) is 0 Å². The van der Waals surface area contributed by atoms with Crippen LogP contribution in [0.4, 0.5) is 0 Å². The number of aliphatic carboxylic acids is 1. The van der Waals surface area contributed by atoms with Crippen LogP contribution in [0.25, 0.3) is 6.08 Å². The Bertz CT molecular complexity index is 478. The summed E-state index contributed by atoms with van der Waals surface area (Å²) < 4.78 is 4.78. The van der Waals surface area contributed by atoms with Crippen molar-refractivity contribution >= 4 is 18.0 Å². The molecule has 0 saturated heterocycles. The van der Waals surface area contributed by atoms with Crippen molar-refractivity contribution < 1.29 is 19.4 Å². The van der Waals surface area contributed by atoms with Gasteiger partial charge in [0, 0.05) is 12.2 Å². The normalized spacial score (nSPS) is 8.38. The maximum absolute atomic E-state index is 10.5. The van der Waals surface area contributed by atoms with E-state index < -0.39 is 5.97 Å². The molecule has 0 atom stereocenters. The number of hydrogen-bond donors (Lipinski definition) is 1. The Hall–Kier alpha value is -2.62. The van der Waals surface area contributed by atoms with E-state index in [-0.39, 0.29) is 5.97 Å². The fourth-order valence-electron chi connectivity index (χ4n) is 1.35. The van der Waals surface area contributed by atoms with Crippen LogP contribution in [0.2, 0.25) is 0 Å². The SMILES string of the molecule is C=CC(=O)O.C=CC(=O)OCCCCCC.C=Cc1ccccc1. The lowest BCUT2D eigenvalue weighted by Gasteiger charge is -1.99. The van der Waals surface area contributed by atoms with Crippen molar-refractivity contribution in [1.29, 1.82) is 0 Å². The zero-order valence-electron chi connectivity index (χ0n) is 14.4. The molecule has 0 aromatic heterocycles. The summed E-state index contributed by atoms with van der Waals surface area (Å²) in [6.07, 6.45) is 8.38. The van der Waals surface area contributed by atoms with Crippen LogP contribution < -0.4 is 0 Å². The number of rotatable bonds is 8. The van der Waals surface area contributed by atoms with Gasteiger partial charge in [0.1, 0.15) is 0 Å². The minimum absolute atomic E-state index is 0.318. The van der Waals surface area contributed by atoms with E-state index in [2.05, 4.69) is 26.7 Å². The van der Waals surface area contributed by atoms with E-state index in [0.717, 1.165) is 18.9 Å². The molecule has 0 fully saturated rings. The Morgan fingerprint density at radius 1 is 1.04 bits per heavy atom. The van der Waals surface area contributed by atoms with Gasteiger partial charge in [-0.25, -0.2) is 9.59 Å². The predicted molar refractivity (Wildman–Crippen MR) is 99.7 cm³/mol. The molecule has 1 rings (SSSR count). The molecule has 0 amide bonds. The van der Waals surface area contributed by atoms with Gasteiger partial charge in [-0.1, -0.05) is 82.3 Å². The third-order valence-electron chi connectivity index (χ3n) is 2.62. The summed E-state index contributed by atoms with van der Waals surface area (Å²) in [5.41, 5.74) is 1.17. The summed E-state index contributed by atoms with van der Waals surface area (Å²) in [5.74, 6) is -1.30. The second-order valence-electron chi connectivity index (χ2n) is 4.59. The van der Waals surface area contributed by atoms with Gasteiger partial charge in [-0.05, 0) is 12.0 Å². The Kier molecular flexibility index (Phi) is 18.2. The monoisotopic (exact) mass is 332 g/mol. The van der Waals surface area contributed by atoms with Crippen molar-refractivity contribution in [3.8, 4) is 0 Å². The summed E-state index contributed by atoms with van der Waals surface area (Å²) in [5, 5.41) is 7.60. The second-order valence-corrected chi connectivity index (χ2v) is 4.59. The molecule has 0 aliphatic carbocycles. The van der Waals surface area contributed by atoms with Gasteiger partial charge in [-0.2, -0.15) is 0 Å². The molecule has 0 radical (unpaired) electrons. The van der Waals surface area contributed by atoms with Crippen molar-refractivity contribution in [1.82, 2.24) is 0 Å². The van der Waals surface area contributed by atoms with Gasteiger partial charge in [0.2, 0.25) is 0 Å². The molecule has 132 valence electrons. The van der Waals surface area contributed by atoms with Gasteiger partial charge in [0.25, 0.3) is 0 Å². The van der Waals surface area contributed by atoms with Crippen LogP contribution in [-0.2, 0) is 14.3 Å². The quantitative estimate of drug-likeness (QED) is 0.418. The molecule has 0 bridgehead atoms. The van der Waals surface area contributed by atoms with Crippen molar-refractivity contribution in [2.45, 2.75) is 32.6 Å². The van der Waals surface area contributed by atoms with E-state index in [9.17, 15) is 9.59 Å². The molecule has 1 aromatic rings. The first-order valence-electron chi connectivity index (χ1n) is 7.83. The van der Waals surface area contributed by atoms with Gasteiger partial charge in [-0.15, -0.1) is 0 Å². The number of carboxylic acids is 1. The number of carbonyl (C=O) groups is 2. The first-order valence-corrected chi connectivity index (χ1v) is 7.83. The third-order valence-corrected chi connectivity index (χ3v) is 2.62. The van der Waals surface area contributed by atoms with Crippen LogP contribution in [0.5, 0.6) is 0 Å². The topological polar surface area (TPSA) is 63.6 Å². The highest BCUT2D eigenvalue weighted by molar-refractivity contribution is 5.81. The highest BCUT2D eigenvalue weighted by Gasteiger charge is 1.93. The third kappa shape index (κ3) is 19.4. The zero-order valence-corrected chi connectivity index (χ0v) is 14.4. The molecular formula is C20H28O4. The second kappa shape index (κ2) is 18.4. The number of hydrogen-bond acceptors (Lipinski definition) is 3. The average Bonchev–Trinajstić information content (AvgIpc) is 2.63. The molecule has 1 N–H and O–H groups in total. The van der Waals surface area contributed by atoms with Gasteiger partial charge < -0.3 is 9.84 Å². The minimum Gasteiger partial charge on any atom is -0.478 e. The first-order chi connectivity index (χ1) is 11.5. The van der Waals surface area contributed by atoms with E-state index in [1.165, 1.54) is 24.5 Å². The maximum Gasteiger partial charge on any atom is 0.330 e. The molecule has 0 aliphatic heterocycles. The van der Waals surface area contributed by atoms with Crippen molar-refractivity contribution in [3.05, 3.63) is 67.8 Å². The van der Waals surface area contributed by atoms with Crippen LogP contribution in [0.15, 0.2) is 62.2 Å². The molecule has 1 aromatic carbocycles. The van der Waals surface area contributed by atoms with Crippen molar-refractivity contribution in [3.63, 3.8) is 0 Å². The fraction of sp³-hybridized carbons (Fsp3) is 0.300. The number of ether oxygens (including phenoxy) is 1. The molecule has 0 heterocycles. The summed E-state index contributed by atoms with van der Waals surface area (Å²) in [6.45, 7) is 12.6. The minimum atomic E-state index is -0.981. The first kappa shape index (κ1) is 23.6. The number of unbranched alkanes of at least 4 members (excludes halogenated alkanes) is 3. The highest BCUT2D eigenvalue weighted by Crippen LogP contribution is 1.99. The Labute approximate surface area is 145 Å². The number of carbonyl (C=O) groups excluding carboxylic acids is 1. The van der Waals surface area contributed by atoms with E-state index in [1.54, 1.807) is 0 Å². The zero-order chi connectivity index (χ0) is 18.6. The lowest BCUT2D eigenvalue weighted by Crippen LogP contribution is -2.01. The number of benzene rings is 1. The average molecular weight is 332 g/mol. The summed E-state index contributed by atoms with van der Waals surface area (Å²) in [7, 11) is 0. The van der Waals surface area contributed by atoms with E-state index in [1.807, 2.05) is 36.4 Å². The lowest BCUT2D eigenvalue weighted by molar-refractivity contribution is -0.138.